The Bertz CT molecular complexity index is 793. The van der Waals surface area contributed by atoms with Gasteiger partial charge in [0.1, 0.15) is 0 Å². The van der Waals surface area contributed by atoms with Crippen LogP contribution in [0.3, 0.4) is 0 Å². The maximum atomic E-state index is 12.9. The average molecular weight is 357 g/mol. The number of aromatic nitrogens is 1. The van der Waals surface area contributed by atoms with Crippen LogP contribution in [-0.4, -0.2) is 67.0 Å². The summed E-state index contributed by atoms with van der Waals surface area (Å²) in [5, 5.41) is 0. The Morgan fingerprint density at radius 1 is 0.962 bits per heavy atom. The first-order chi connectivity index (χ1) is 12.5. The lowest BCUT2D eigenvalue weighted by atomic mass is 10.1. The van der Waals surface area contributed by atoms with Crippen molar-refractivity contribution in [1.29, 1.82) is 0 Å². The quantitative estimate of drug-likeness (QED) is 0.907. The van der Waals surface area contributed by atoms with Gasteiger partial charge in [-0.15, -0.1) is 0 Å². The molecule has 1 aromatic carbocycles. The van der Waals surface area contributed by atoms with E-state index in [-0.39, 0.29) is 11.8 Å². The number of amides is 2. The molecule has 1 fully saturated rings. The zero-order valence-corrected chi connectivity index (χ0v) is 15.2. The van der Waals surface area contributed by atoms with Gasteiger partial charge in [-0.05, 0) is 30.7 Å². The van der Waals surface area contributed by atoms with Crippen LogP contribution in [0.15, 0.2) is 30.6 Å². The summed E-state index contributed by atoms with van der Waals surface area (Å²) in [5.41, 5.74) is 2.06. The van der Waals surface area contributed by atoms with Gasteiger partial charge in [-0.1, -0.05) is 0 Å². The Balaban J connectivity index is 1.70. The molecule has 0 saturated carbocycles. The van der Waals surface area contributed by atoms with Gasteiger partial charge in [0.15, 0.2) is 11.5 Å². The molecule has 138 valence electrons. The van der Waals surface area contributed by atoms with E-state index in [9.17, 15) is 9.59 Å². The van der Waals surface area contributed by atoms with Crippen molar-refractivity contribution in [2.45, 2.75) is 6.92 Å². The van der Waals surface area contributed by atoms with Crippen LogP contribution in [0.5, 0.6) is 11.5 Å². The normalized spacial score (nSPS) is 14.3. The molecule has 0 bridgehead atoms. The lowest BCUT2D eigenvalue weighted by molar-refractivity contribution is 0.0535. The number of aryl methyl sites for hydroxylation is 1. The predicted octanol–water partition coefficient (Wildman–Crippen LogP) is 1.94. The van der Waals surface area contributed by atoms with Crippen molar-refractivity contribution in [3.05, 3.63) is 47.3 Å². The third-order valence-corrected chi connectivity index (χ3v) is 4.66. The fraction of sp³-hybridized carbons (Fsp3) is 0.368. The van der Waals surface area contributed by atoms with Crippen molar-refractivity contribution in [1.82, 2.24) is 14.8 Å². The number of carbonyl (C=O) groups is 2. The molecule has 26 heavy (non-hydrogen) atoms. The molecule has 1 aromatic heterocycles. The van der Waals surface area contributed by atoms with Crippen molar-refractivity contribution < 1.29 is 19.1 Å². The molecular formula is C19H23N3O4. The van der Waals surface area contributed by atoms with Gasteiger partial charge < -0.3 is 24.3 Å². The number of rotatable bonds is 4. The maximum Gasteiger partial charge on any atom is 0.255 e. The molecule has 1 aliphatic rings. The molecule has 2 heterocycles. The number of ether oxygens (including phenoxy) is 2. The second kappa shape index (κ2) is 7.51. The highest BCUT2D eigenvalue weighted by atomic mass is 16.5. The van der Waals surface area contributed by atoms with E-state index in [0.29, 0.717) is 48.8 Å². The molecule has 3 rings (SSSR count). The summed E-state index contributed by atoms with van der Waals surface area (Å²) in [7, 11) is 3.12. The van der Waals surface area contributed by atoms with Crippen molar-refractivity contribution in [3.63, 3.8) is 0 Å². The molecular weight excluding hydrogens is 334 g/mol. The van der Waals surface area contributed by atoms with Crippen LogP contribution >= 0.6 is 0 Å². The molecule has 1 aliphatic heterocycles. The van der Waals surface area contributed by atoms with Crippen molar-refractivity contribution >= 4 is 11.8 Å². The van der Waals surface area contributed by atoms with E-state index < -0.39 is 0 Å². The number of methoxy groups -OCH3 is 2. The summed E-state index contributed by atoms with van der Waals surface area (Å²) in [6.07, 6.45) is 3.42. The summed E-state index contributed by atoms with van der Waals surface area (Å²) in [4.78, 5) is 31.7. The molecule has 0 unspecified atom stereocenters. The van der Waals surface area contributed by atoms with Crippen LogP contribution in [0, 0.1) is 6.92 Å². The Labute approximate surface area is 152 Å². The van der Waals surface area contributed by atoms with Gasteiger partial charge >= 0.3 is 0 Å². The Morgan fingerprint density at radius 2 is 1.54 bits per heavy atom. The number of benzene rings is 1. The van der Waals surface area contributed by atoms with Crippen LogP contribution in [0.4, 0.5) is 0 Å². The monoisotopic (exact) mass is 357 g/mol. The topological polar surface area (TPSA) is 74.9 Å². The summed E-state index contributed by atoms with van der Waals surface area (Å²) in [6, 6.07) is 5.28. The molecule has 1 saturated heterocycles. The predicted molar refractivity (Wildman–Crippen MR) is 96.9 cm³/mol. The second-order valence-corrected chi connectivity index (χ2v) is 6.21. The van der Waals surface area contributed by atoms with E-state index in [0.717, 1.165) is 5.56 Å². The minimum Gasteiger partial charge on any atom is -0.493 e. The number of nitrogens with one attached hydrogen (secondary N) is 1. The Kier molecular flexibility index (Phi) is 5.16. The lowest BCUT2D eigenvalue weighted by Crippen LogP contribution is -2.50. The van der Waals surface area contributed by atoms with E-state index in [4.69, 9.17) is 9.47 Å². The van der Waals surface area contributed by atoms with Crippen LogP contribution < -0.4 is 9.47 Å². The largest absolute Gasteiger partial charge is 0.493 e. The minimum absolute atomic E-state index is 0.0133. The summed E-state index contributed by atoms with van der Waals surface area (Å²) < 4.78 is 10.6. The molecule has 0 spiro atoms. The molecule has 0 radical (unpaired) electrons. The van der Waals surface area contributed by atoms with Gasteiger partial charge in [0.05, 0.1) is 19.8 Å². The minimum atomic E-state index is -0.0582. The van der Waals surface area contributed by atoms with E-state index >= 15 is 0 Å². The zero-order chi connectivity index (χ0) is 18.7. The van der Waals surface area contributed by atoms with Crippen molar-refractivity contribution in [2.24, 2.45) is 0 Å². The standard InChI is InChI=1S/C19H23N3O4/c1-13-10-16(25-2)17(26-3)11-15(13)19(24)22-8-6-21(7-9-22)18(23)14-4-5-20-12-14/h4-5,10-12,20H,6-9H2,1-3H3. The number of hydrogen-bond acceptors (Lipinski definition) is 4. The maximum absolute atomic E-state index is 12.9. The first-order valence-electron chi connectivity index (χ1n) is 8.49. The van der Waals surface area contributed by atoms with E-state index in [1.165, 1.54) is 0 Å². The van der Waals surface area contributed by atoms with Crippen molar-refractivity contribution in [3.8, 4) is 11.5 Å². The Hall–Kier alpha value is -2.96. The molecule has 7 nitrogen and oxygen atoms in total. The molecule has 1 N–H and O–H groups in total. The summed E-state index contributed by atoms with van der Waals surface area (Å²) in [6.45, 7) is 3.91. The molecule has 7 heteroatoms. The fourth-order valence-electron chi connectivity index (χ4n) is 3.13. The van der Waals surface area contributed by atoms with Gasteiger partial charge in [-0.3, -0.25) is 9.59 Å². The highest BCUT2D eigenvalue weighted by Gasteiger charge is 2.27. The fourth-order valence-corrected chi connectivity index (χ4v) is 3.13. The van der Waals surface area contributed by atoms with Crippen LogP contribution in [0.2, 0.25) is 0 Å². The van der Waals surface area contributed by atoms with Gasteiger partial charge in [0.2, 0.25) is 0 Å². The second-order valence-electron chi connectivity index (χ2n) is 6.21. The van der Waals surface area contributed by atoms with Gasteiger partial charge in [0.25, 0.3) is 11.8 Å². The van der Waals surface area contributed by atoms with E-state index in [1.54, 1.807) is 54.6 Å². The van der Waals surface area contributed by atoms with Crippen LogP contribution in [-0.2, 0) is 0 Å². The zero-order valence-electron chi connectivity index (χ0n) is 15.2. The van der Waals surface area contributed by atoms with Gasteiger partial charge in [0, 0.05) is 44.1 Å². The summed E-state index contributed by atoms with van der Waals surface area (Å²) >= 11 is 0. The number of piperazine rings is 1. The van der Waals surface area contributed by atoms with Crippen molar-refractivity contribution in [2.75, 3.05) is 40.4 Å². The molecule has 2 aromatic rings. The number of carbonyl (C=O) groups excluding carboxylic acids is 2. The highest BCUT2D eigenvalue weighted by molar-refractivity contribution is 5.97. The number of H-pyrrole nitrogens is 1. The molecule has 0 atom stereocenters. The van der Waals surface area contributed by atoms with Crippen LogP contribution in [0.25, 0.3) is 0 Å². The smallest absolute Gasteiger partial charge is 0.255 e. The highest BCUT2D eigenvalue weighted by Crippen LogP contribution is 2.31. The average Bonchev–Trinajstić information content (AvgIpc) is 3.21. The summed E-state index contributed by atoms with van der Waals surface area (Å²) in [5.74, 6) is 1.06. The third kappa shape index (κ3) is 3.37. The number of aromatic amines is 1. The van der Waals surface area contributed by atoms with E-state index in [2.05, 4.69) is 4.98 Å². The lowest BCUT2D eigenvalue weighted by Gasteiger charge is -2.35. The number of nitrogens with zero attached hydrogens (tertiary/aromatic N) is 2. The Morgan fingerprint density at radius 3 is 2.08 bits per heavy atom. The molecule has 0 aliphatic carbocycles. The third-order valence-electron chi connectivity index (χ3n) is 4.66. The van der Waals surface area contributed by atoms with Gasteiger partial charge in [-0.2, -0.15) is 0 Å². The SMILES string of the molecule is COc1cc(C)c(C(=O)N2CCN(C(=O)c3cc[nH]c3)CC2)cc1OC. The molecule has 2 amide bonds. The number of hydrogen-bond donors (Lipinski definition) is 1. The first-order valence-corrected chi connectivity index (χ1v) is 8.49. The van der Waals surface area contributed by atoms with E-state index in [1.807, 2.05) is 6.92 Å². The van der Waals surface area contributed by atoms with Crippen LogP contribution in [0.1, 0.15) is 26.3 Å². The van der Waals surface area contributed by atoms with Gasteiger partial charge in [-0.25, -0.2) is 0 Å². The first kappa shape index (κ1) is 17.8.